The summed E-state index contributed by atoms with van der Waals surface area (Å²) >= 11 is 0. The van der Waals surface area contributed by atoms with Crippen LogP contribution in [0.25, 0.3) is 21.9 Å². The van der Waals surface area contributed by atoms with Crippen molar-refractivity contribution in [2.24, 2.45) is 0 Å². The Balaban J connectivity index is 0.00000181. The first-order chi connectivity index (χ1) is 14.6. The minimum Gasteiger partial charge on any atom is -0.490 e. The Kier molecular flexibility index (Phi) is 9.75. The number of nitrogens with one attached hydrogen (secondary N) is 1. The summed E-state index contributed by atoms with van der Waals surface area (Å²) in [6, 6.07) is 5.79. The standard InChI is InChI=1S/C21H29N5O4.2ClH/c1-2-29-12-18-25-19-20(26(18)10-13(28)11-27)16-4-3-15(9-17(16)24-21(19)22)30-14-5-7-23-8-6-14;;/h3-4,9,13-14,23,27-28H,2,5-8,10-12H2,1H3,(H2,22,24);2*1H. The quantitative estimate of drug-likeness (QED) is 0.379. The molecule has 32 heavy (non-hydrogen) atoms. The summed E-state index contributed by atoms with van der Waals surface area (Å²) in [4.78, 5) is 9.17. The van der Waals surface area contributed by atoms with Crippen molar-refractivity contribution < 1.29 is 19.7 Å². The van der Waals surface area contributed by atoms with Gasteiger partial charge < -0.3 is 35.3 Å². The number of halogens is 2. The van der Waals surface area contributed by atoms with E-state index in [4.69, 9.17) is 15.2 Å². The van der Waals surface area contributed by atoms with E-state index in [9.17, 15) is 10.2 Å². The number of rotatable bonds is 8. The molecule has 9 nitrogen and oxygen atoms in total. The SMILES string of the molecule is CCOCc1nc2c(N)nc3cc(OC4CCNCC4)ccc3c2n1CC(O)CO.Cl.Cl. The fourth-order valence-corrected chi connectivity index (χ4v) is 3.89. The Morgan fingerprint density at radius 3 is 2.69 bits per heavy atom. The van der Waals surface area contributed by atoms with Gasteiger partial charge in [0, 0.05) is 18.1 Å². The van der Waals surface area contributed by atoms with Crippen LogP contribution in [-0.2, 0) is 17.9 Å². The number of nitrogens with two attached hydrogens (primary N) is 1. The highest BCUT2D eigenvalue weighted by atomic mass is 35.5. The van der Waals surface area contributed by atoms with Crippen LogP contribution >= 0.6 is 24.8 Å². The molecule has 0 saturated carbocycles. The Morgan fingerprint density at radius 1 is 1.25 bits per heavy atom. The molecule has 0 amide bonds. The molecule has 1 aliphatic heterocycles. The van der Waals surface area contributed by atoms with E-state index in [1.807, 2.05) is 29.7 Å². The van der Waals surface area contributed by atoms with E-state index >= 15 is 0 Å². The van der Waals surface area contributed by atoms with Crippen molar-refractivity contribution in [2.45, 2.75) is 45.1 Å². The van der Waals surface area contributed by atoms with Gasteiger partial charge in [0.05, 0.1) is 30.3 Å². The summed E-state index contributed by atoms with van der Waals surface area (Å²) in [5, 5.41) is 23.6. The van der Waals surface area contributed by atoms with Crippen molar-refractivity contribution in [2.75, 3.05) is 32.0 Å². The van der Waals surface area contributed by atoms with E-state index in [2.05, 4.69) is 15.3 Å². The number of hydrogen-bond donors (Lipinski definition) is 4. The first kappa shape index (κ1) is 26.4. The molecule has 0 radical (unpaired) electrons. The van der Waals surface area contributed by atoms with Crippen LogP contribution in [0.3, 0.4) is 0 Å². The van der Waals surface area contributed by atoms with E-state index in [0.29, 0.717) is 29.3 Å². The van der Waals surface area contributed by atoms with Crippen LogP contribution < -0.4 is 15.8 Å². The van der Waals surface area contributed by atoms with Crippen LogP contribution in [-0.4, -0.2) is 63.3 Å². The van der Waals surface area contributed by atoms with E-state index in [0.717, 1.165) is 42.6 Å². The Morgan fingerprint density at radius 2 is 2.00 bits per heavy atom. The summed E-state index contributed by atoms with van der Waals surface area (Å²) in [5.74, 6) is 1.71. The predicted molar refractivity (Wildman–Crippen MR) is 129 cm³/mol. The number of ether oxygens (including phenoxy) is 2. The van der Waals surface area contributed by atoms with Gasteiger partial charge in [-0.25, -0.2) is 9.97 Å². The number of aromatic nitrogens is 3. The van der Waals surface area contributed by atoms with Crippen LogP contribution in [0, 0.1) is 0 Å². The third-order valence-electron chi connectivity index (χ3n) is 5.38. The average molecular weight is 488 g/mol. The predicted octanol–water partition coefficient (Wildman–Crippen LogP) is 2.03. The van der Waals surface area contributed by atoms with Crippen LogP contribution in [0.15, 0.2) is 18.2 Å². The van der Waals surface area contributed by atoms with E-state index < -0.39 is 6.10 Å². The third kappa shape index (κ3) is 5.54. The van der Waals surface area contributed by atoms with Gasteiger partial charge in [-0.3, -0.25) is 0 Å². The minimum absolute atomic E-state index is 0. The van der Waals surface area contributed by atoms with Crippen LogP contribution in [0.5, 0.6) is 5.75 Å². The van der Waals surface area contributed by atoms with Crippen LogP contribution in [0.2, 0.25) is 0 Å². The van der Waals surface area contributed by atoms with Gasteiger partial charge >= 0.3 is 0 Å². The highest BCUT2D eigenvalue weighted by molar-refractivity contribution is 6.06. The molecule has 3 heterocycles. The second-order valence-electron chi connectivity index (χ2n) is 7.55. The molecule has 1 unspecified atom stereocenters. The van der Waals surface area contributed by atoms with E-state index in [-0.39, 0.29) is 50.7 Å². The number of anilines is 1. The zero-order chi connectivity index (χ0) is 21.1. The second kappa shape index (κ2) is 11.8. The number of nitrogens with zero attached hydrogens (tertiary/aromatic N) is 3. The zero-order valence-corrected chi connectivity index (χ0v) is 19.6. The van der Waals surface area contributed by atoms with Gasteiger partial charge in [0.1, 0.15) is 29.8 Å². The number of fused-ring (bicyclic) bond motifs is 3. The Bertz CT molecular complexity index is 1030. The monoisotopic (exact) mass is 487 g/mol. The molecule has 1 fully saturated rings. The van der Waals surface area contributed by atoms with Gasteiger partial charge in [0.15, 0.2) is 5.82 Å². The number of imidazole rings is 1. The molecule has 4 rings (SSSR count). The molecule has 1 saturated heterocycles. The number of aliphatic hydroxyl groups excluding tert-OH is 2. The maximum absolute atomic E-state index is 10.1. The van der Waals surface area contributed by atoms with Crippen molar-refractivity contribution in [1.82, 2.24) is 19.9 Å². The van der Waals surface area contributed by atoms with Crippen LogP contribution in [0.4, 0.5) is 5.82 Å². The van der Waals surface area contributed by atoms with Gasteiger partial charge in [0.25, 0.3) is 0 Å². The van der Waals surface area contributed by atoms with E-state index in [1.54, 1.807) is 0 Å². The molecule has 3 aromatic rings. The second-order valence-corrected chi connectivity index (χ2v) is 7.55. The Hall–Kier alpha value is -1.88. The van der Waals surface area contributed by atoms with E-state index in [1.165, 1.54) is 0 Å². The van der Waals surface area contributed by atoms with Crippen molar-refractivity contribution in [3.8, 4) is 5.75 Å². The van der Waals surface area contributed by atoms with Crippen molar-refractivity contribution >= 4 is 52.6 Å². The molecule has 178 valence electrons. The Labute approximate surface area is 199 Å². The fourth-order valence-electron chi connectivity index (χ4n) is 3.89. The number of aliphatic hydroxyl groups is 2. The molecule has 2 aromatic heterocycles. The van der Waals surface area contributed by atoms with Crippen molar-refractivity contribution in [3.63, 3.8) is 0 Å². The van der Waals surface area contributed by atoms with Gasteiger partial charge in [-0.1, -0.05) is 0 Å². The average Bonchev–Trinajstić information content (AvgIpc) is 3.11. The van der Waals surface area contributed by atoms with Gasteiger partial charge in [-0.2, -0.15) is 0 Å². The van der Waals surface area contributed by atoms with Gasteiger partial charge in [-0.15, -0.1) is 24.8 Å². The number of nitrogen functional groups attached to an aromatic ring is 1. The van der Waals surface area contributed by atoms with Crippen molar-refractivity contribution in [1.29, 1.82) is 0 Å². The third-order valence-corrected chi connectivity index (χ3v) is 5.38. The minimum atomic E-state index is -0.922. The number of piperidine rings is 1. The first-order valence-corrected chi connectivity index (χ1v) is 10.4. The number of pyridine rings is 1. The molecule has 5 N–H and O–H groups in total. The summed E-state index contributed by atoms with van der Waals surface area (Å²) in [7, 11) is 0. The highest BCUT2D eigenvalue weighted by Gasteiger charge is 2.20. The molecule has 11 heteroatoms. The molecular formula is C21H31Cl2N5O4. The maximum Gasteiger partial charge on any atom is 0.152 e. The number of benzene rings is 1. The lowest BCUT2D eigenvalue weighted by Crippen LogP contribution is -2.34. The van der Waals surface area contributed by atoms with Crippen molar-refractivity contribution in [3.05, 3.63) is 24.0 Å². The van der Waals surface area contributed by atoms with Gasteiger partial charge in [-0.05, 0) is 45.0 Å². The number of hydrogen-bond acceptors (Lipinski definition) is 8. The molecule has 0 aliphatic carbocycles. The normalized spacial score (nSPS) is 15.3. The molecule has 1 aromatic carbocycles. The zero-order valence-electron chi connectivity index (χ0n) is 18.0. The topological polar surface area (TPSA) is 128 Å². The molecule has 1 atom stereocenters. The fraction of sp³-hybridized carbons (Fsp3) is 0.524. The molecule has 0 bridgehead atoms. The lowest BCUT2D eigenvalue weighted by molar-refractivity contribution is 0.0774. The molecule has 0 spiro atoms. The summed E-state index contributed by atoms with van der Waals surface area (Å²) < 4.78 is 13.6. The largest absolute Gasteiger partial charge is 0.490 e. The lowest BCUT2D eigenvalue weighted by atomic mass is 10.1. The lowest BCUT2D eigenvalue weighted by Gasteiger charge is -2.24. The van der Waals surface area contributed by atoms with Crippen LogP contribution in [0.1, 0.15) is 25.6 Å². The highest BCUT2D eigenvalue weighted by Crippen LogP contribution is 2.32. The summed E-state index contributed by atoms with van der Waals surface area (Å²) in [6.07, 6.45) is 1.21. The smallest absolute Gasteiger partial charge is 0.152 e. The maximum atomic E-state index is 10.1. The molecular weight excluding hydrogens is 457 g/mol. The first-order valence-electron chi connectivity index (χ1n) is 10.4. The van der Waals surface area contributed by atoms with Gasteiger partial charge in [0.2, 0.25) is 0 Å². The summed E-state index contributed by atoms with van der Waals surface area (Å²) in [6.45, 7) is 4.48. The summed E-state index contributed by atoms with van der Waals surface area (Å²) in [5.41, 5.74) is 8.28. The molecule has 1 aliphatic rings.